The van der Waals surface area contributed by atoms with Crippen molar-refractivity contribution in [1.82, 2.24) is 9.38 Å². The van der Waals surface area contributed by atoms with Gasteiger partial charge in [-0.05, 0) is 29.8 Å². The summed E-state index contributed by atoms with van der Waals surface area (Å²) in [5, 5.41) is 3.46. The van der Waals surface area contributed by atoms with E-state index < -0.39 is 0 Å². The first-order valence-corrected chi connectivity index (χ1v) is 7.10. The van der Waals surface area contributed by atoms with Crippen LogP contribution in [0.1, 0.15) is 5.56 Å². The normalized spacial score (nSPS) is 10.6. The fraction of sp³-hybridized carbons (Fsp3) is 0.125. The molecule has 0 saturated heterocycles. The molecular formula is C16H14ClN3O2. The zero-order chi connectivity index (χ0) is 15.5. The van der Waals surface area contributed by atoms with Gasteiger partial charge in [0.05, 0.1) is 19.7 Å². The van der Waals surface area contributed by atoms with Gasteiger partial charge in [0.1, 0.15) is 11.5 Å². The highest BCUT2D eigenvalue weighted by Gasteiger charge is 2.11. The van der Waals surface area contributed by atoms with Gasteiger partial charge in [0.2, 0.25) is 11.8 Å². The lowest BCUT2D eigenvalue weighted by atomic mass is 10.1. The maximum atomic E-state index is 12.2. The van der Waals surface area contributed by atoms with Gasteiger partial charge in [-0.15, -0.1) is 0 Å². The second kappa shape index (κ2) is 6.07. The van der Waals surface area contributed by atoms with Gasteiger partial charge in [0, 0.05) is 5.02 Å². The summed E-state index contributed by atoms with van der Waals surface area (Å²) in [5.41, 5.74) is 1.56. The van der Waals surface area contributed by atoms with E-state index in [4.69, 9.17) is 16.3 Å². The third kappa shape index (κ3) is 2.89. The molecule has 0 fully saturated rings. The molecule has 3 rings (SSSR count). The van der Waals surface area contributed by atoms with Gasteiger partial charge in [-0.1, -0.05) is 29.8 Å². The predicted octanol–water partition coefficient (Wildman–Crippen LogP) is 3.18. The van der Waals surface area contributed by atoms with E-state index in [0.717, 1.165) is 5.56 Å². The summed E-state index contributed by atoms with van der Waals surface area (Å²) in [6, 6.07) is 12.7. The highest BCUT2D eigenvalue weighted by Crippen LogP contribution is 2.20. The molecule has 2 aromatic heterocycles. The van der Waals surface area contributed by atoms with Crippen LogP contribution >= 0.6 is 11.6 Å². The number of nitrogens with zero attached hydrogens (tertiary/aromatic N) is 2. The van der Waals surface area contributed by atoms with Crippen molar-refractivity contribution in [3.63, 3.8) is 0 Å². The zero-order valence-electron chi connectivity index (χ0n) is 11.9. The summed E-state index contributed by atoms with van der Waals surface area (Å²) in [6.07, 6.45) is 1.84. The molecule has 0 unspecified atom stereocenters. The van der Waals surface area contributed by atoms with Crippen LogP contribution in [-0.2, 0) is 11.2 Å². The average Bonchev–Trinajstić information content (AvgIpc) is 2.90. The molecule has 0 atom stereocenters. The standard InChI is InChI=1S/C16H14ClN3O2/c1-22-16-7-3-6-13-18-10-14(20(13)16)19-15(21)9-11-4-2-5-12(17)8-11/h2-8,10H,9H2,1H3,(H,19,21). The lowest BCUT2D eigenvalue weighted by molar-refractivity contribution is -0.115. The Morgan fingerprint density at radius 2 is 2.14 bits per heavy atom. The van der Waals surface area contributed by atoms with Crippen LogP contribution < -0.4 is 10.1 Å². The highest BCUT2D eigenvalue weighted by atomic mass is 35.5. The topological polar surface area (TPSA) is 55.6 Å². The number of anilines is 1. The second-order valence-electron chi connectivity index (χ2n) is 4.76. The van der Waals surface area contributed by atoms with Crippen LogP contribution in [0.2, 0.25) is 5.02 Å². The molecule has 0 spiro atoms. The Balaban J connectivity index is 1.82. The van der Waals surface area contributed by atoms with Gasteiger partial charge >= 0.3 is 0 Å². The minimum atomic E-state index is -0.144. The molecule has 0 bridgehead atoms. The summed E-state index contributed by atoms with van der Waals surface area (Å²) in [5.74, 6) is 1.03. The molecule has 6 heteroatoms. The minimum Gasteiger partial charge on any atom is -0.482 e. The maximum Gasteiger partial charge on any atom is 0.229 e. The van der Waals surface area contributed by atoms with Gasteiger partial charge < -0.3 is 10.1 Å². The van der Waals surface area contributed by atoms with Gasteiger partial charge in [-0.25, -0.2) is 9.38 Å². The number of hydrogen-bond acceptors (Lipinski definition) is 3. The first-order chi connectivity index (χ1) is 10.7. The van der Waals surface area contributed by atoms with E-state index in [1.165, 1.54) is 0 Å². The molecule has 0 saturated carbocycles. The summed E-state index contributed by atoms with van der Waals surface area (Å²) in [6.45, 7) is 0. The Kier molecular flexibility index (Phi) is 3.98. The average molecular weight is 316 g/mol. The SMILES string of the molecule is COc1cccc2ncc(NC(=O)Cc3cccc(Cl)c3)n12. The summed E-state index contributed by atoms with van der Waals surface area (Å²) in [7, 11) is 1.58. The lowest BCUT2D eigenvalue weighted by Gasteiger charge is -2.08. The quantitative estimate of drug-likeness (QED) is 0.804. The summed E-state index contributed by atoms with van der Waals surface area (Å²) in [4.78, 5) is 16.4. The van der Waals surface area contributed by atoms with Crippen molar-refractivity contribution in [3.05, 3.63) is 59.2 Å². The van der Waals surface area contributed by atoms with Crippen LogP contribution in [0.15, 0.2) is 48.7 Å². The second-order valence-corrected chi connectivity index (χ2v) is 5.20. The number of carbonyl (C=O) groups is 1. The number of carbonyl (C=O) groups excluding carboxylic acids is 1. The molecular weight excluding hydrogens is 302 g/mol. The van der Waals surface area contributed by atoms with Gasteiger partial charge in [-0.2, -0.15) is 0 Å². The molecule has 0 aliphatic heterocycles. The Morgan fingerprint density at radius 3 is 2.91 bits per heavy atom. The number of amides is 1. The monoisotopic (exact) mass is 315 g/mol. The summed E-state index contributed by atoms with van der Waals surface area (Å²) < 4.78 is 7.04. The van der Waals surface area contributed by atoms with Gasteiger partial charge in [0.15, 0.2) is 0 Å². The van der Waals surface area contributed by atoms with E-state index in [-0.39, 0.29) is 12.3 Å². The number of benzene rings is 1. The van der Waals surface area contributed by atoms with E-state index in [1.54, 1.807) is 35.9 Å². The van der Waals surface area contributed by atoms with E-state index in [0.29, 0.717) is 22.4 Å². The lowest BCUT2D eigenvalue weighted by Crippen LogP contribution is -2.16. The van der Waals surface area contributed by atoms with Crippen molar-refractivity contribution in [2.75, 3.05) is 12.4 Å². The van der Waals surface area contributed by atoms with Crippen LogP contribution in [0.25, 0.3) is 5.65 Å². The van der Waals surface area contributed by atoms with Crippen LogP contribution in [0, 0.1) is 0 Å². The molecule has 3 aromatic rings. The number of nitrogens with one attached hydrogen (secondary N) is 1. The van der Waals surface area contributed by atoms with Crippen molar-refractivity contribution in [3.8, 4) is 5.88 Å². The number of imidazole rings is 1. The van der Waals surface area contributed by atoms with E-state index >= 15 is 0 Å². The Labute approximate surface area is 132 Å². The Morgan fingerprint density at radius 1 is 1.32 bits per heavy atom. The third-order valence-electron chi connectivity index (χ3n) is 3.22. The van der Waals surface area contributed by atoms with E-state index in [2.05, 4.69) is 10.3 Å². The highest BCUT2D eigenvalue weighted by molar-refractivity contribution is 6.30. The number of aromatic nitrogens is 2. The van der Waals surface area contributed by atoms with Crippen molar-refractivity contribution in [2.45, 2.75) is 6.42 Å². The zero-order valence-corrected chi connectivity index (χ0v) is 12.7. The van der Waals surface area contributed by atoms with Crippen LogP contribution in [0.4, 0.5) is 5.82 Å². The number of rotatable bonds is 4. The van der Waals surface area contributed by atoms with Gasteiger partial charge in [0.25, 0.3) is 0 Å². The molecule has 0 aliphatic rings. The summed E-state index contributed by atoms with van der Waals surface area (Å²) >= 11 is 5.93. The van der Waals surface area contributed by atoms with Crippen LogP contribution in [0.5, 0.6) is 5.88 Å². The van der Waals surface area contributed by atoms with Crippen molar-refractivity contribution in [2.24, 2.45) is 0 Å². The molecule has 1 N–H and O–H groups in total. The molecule has 22 heavy (non-hydrogen) atoms. The fourth-order valence-electron chi connectivity index (χ4n) is 2.27. The third-order valence-corrected chi connectivity index (χ3v) is 3.46. The number of methoxy groups -OCH3 is 1. The van der Waals surface area contributed by atoms with Crippen molar-refractivity contribution in [1.29, 1.82) is 0 Å². The van der Waals surface area contributed by atoms with E-state index in [9.17, 15) is 4.79 Å². The van der Waals surface area contributed by atoms with Gasteiger partial charge in [-0.3, -0.25) is 4.79 Å². The number of halogens is 1. The molecule has 1 amide bonds. The molecule has 5 nitrogen and oxygen atoms in total. The number of ether oxygens (including phenoxy) is 1. The largest absolute Gasteiger partial charge is 0.482 e. The Bertz CT molecular complexity index is 829. The van der Waals surface area contributed by atoms with Crippen molar-refractivity contribution >= 4 is 29.0 Å². The van der Waals surface area contributed by atoms with Crippen LogP contribution in [-0.4, -0.2) is 22.4 Å². The van der Waals surface area contributed by atoms with Crippen molar-refractivity contribution < 1.29 is 9.53 Å². The molecule has 0 aliphatic carbocycles. The first kappa shape index (κ1) is 14.4. The first-order valence-electron chi connectivity index (χ1n) is 6.72. The number of hydrogen-bond donors (Lipinski definition) is 1. The number of pyridine rings is 1. The minimum absolute atomic E-state index is 0.144. The maximum absolute atomic E-state index is 12.2. The smallest absolute Gasteiger partial charge is 0.229 e. The predicted molar refractivity (Wildman–Crippen MR) is 85.5 cm³/mol. The fourth-order valence-corrected chi connectivity index (χ4v) is 2.49. The molecule has 112 valence electrons. The molecule has 1 aromatic carbocycles. The molecule has 2 heterocycles. The van der Waals surface area contributed by atoms with Crippen LogP contribution in [0.3, 0.4) is 0 Å². The van der Waals surface area contributed by atoms with E-state index in [1.807, 2.05) is 24.3 Å². The molecule has 0 radical (unpaired) electrons. The number of fused-ring (bicyclic) bond motifs is 1. The Hall–Kier alpha value is -2.53.